The standard InChI is InChI=1S/C15H27N/c1-2-11-3-8-14(9-11)16-10-15(12-4-5-12)13-6-7-13/h11-16H,2-10H2,1H3. The zero-order chi connectivity index (χ0) is 11.0. The normalized spacial score (nSPS) is 34.9. The number of hydrogen-bond donors (Lipinski definition) is 1. The van der Waals surface area contributed by atoms with Gasteiger partial charge in [0.1, 0.15) is 0 Å². The van der Waals surface area contributed by atoms with E-state index >= 15 is 0 Å². The number of hydrogen-bond acceptors (Lipinski definition) is 1. The van der Waals surface area contributed by atoms with E-state index in [1.54, 1.807) is 0 Å². The molecular formula is C15H27N. The van der Waals surface area contributed by atoms with E-state index in [1.165, 1.54) is 57.9 Å². The average Bonchev–Trinajstić information content (AvgIpc) is 3.20. The fraction of sp³-hybridized carbons (Fsp3) is 1.00. The van der Waals surface area contributed by atoms with Gasteiger partial charge in [-0.3, -0.25) is 0 Å². The first-order valence-electron chi connectivity index (χ1n) is 7.60. The van der Waals surface area contributed by atoms with Crippen LogP contribution in [0.25, 0.3) is 0 Å². The van der Waals surface area contributed by atoms with Crippen molar-refractivity contribution in [2.75, 3.05) is 6.54 Å². The van der Waals surface area contributed by atoms with Crippen LogP contribution < -0.4 is 5.32 Å². The number of rotatable bonds is 6. The molecule has 0 aromatic rings. The van der Waals surface area contributed by atoms with Gasteiger partial charge in [0.15, 0.2) is 0 Å². The summed E-state index contributed by atoms with van der Waals surface area (Å²) in [5, 5.41) is 3.89. The van der Waals surface area contributed by atoms with Crippen LogP contribution in [0.15, 0.2) is 0 Å². The molecule has 2 atom stereocenters. The van der Waals surface area contributed by atoms with Gasteiger partial charge in [-0.05, 0) is 75.2 Å². The van der Waals surface area contributed by atoms with Crippen molar-refractivity contribution in [3.63, 3.8) is 0 Å². The molecule has 1 nitrogen and oxygen atoms in total. The molecule has 2 unspecified atom stereocenters. The molecule has 0 heterocycles. The van der Waals surface area contributed by atoms with Crippen LogP contribution in [0.5, 0.6) is 0 Å². The van der Waals surface area contributed by atoms with Gasteiger partial charge in [-0.15, -0.1) is 0 Å². The maximum atomic E-state index is 3.89. The summed E-state index contributed by atoms with van der Waals surface area (Å²) in [6.07, 6.45) is 11.9. The molecule has 3 aliphatic carbocycles. The van der Waals surface area contributed by atoms with Crippen molar-refractivity contribution >= 4 is 0 Å². The minimum atomic E-state index is 0.866. The van der Waals surface area contributed by atoms with E-state index in [0.29, 0.717) is 0 Å². The van der Waals surface area contributed by atoms with Crippen molar-refractivity contribution in [1.82, 2.24) is 5.32 Å². The zero-order valence-corrected chi connectivity index (χ0v) is 10.8. The molecule has 0 aromatic carbocycles. The van der Waals surface area contributed by atoms with Crippen molar-refractivity contribution < 1.29 is 0 Å². The van der Waals surface area contributed by atoms with E-state index in [4.69, 9.17) is 0 Å². The first-order valence-corrected chi connectivity index (χ1v) is 7.60. The van der Waals surface area contributed by atoms with Gasteiger partial charge in [0.05, 0.1) is 0 Å². The second kappa shape index (κ2) is 4.68. The average molecular weight is 221 g/mol. The Labute approximate surface area is 100 Å². The Morgan fingerprint density at radius 3 is 2.19 bits per heavy atom. The van der Waals surface area contributed by atoms with Crippen LogP contribution in [0.2, 0.25) is 0 Å². The van der Waals surface area contributed by atoms with Gasteiger partial charge in [-0.2, -0.15) is 0 Å². The van der Waals surface area contributed by atoms with Crippen LogP contribution >= 0.6 is 0 Å². The molecule has 3 fully saturated rings. The van der Waals surface area contributed by atoms with Gasteiger partial charge < -0.3 is 5.32 Å². The third kappa shape index (κ3) is 2.61. The van der Waals surface area contributed by atoms with Gasteiger partial charge in [-0.25, -0.2) is 0 Å². The Kier molecular flexibility index (Phi) is 3.24. The van der Waals surface area contributed by atoms with Crippen molar-refractivity contribution in [1.29, 1.82) is 0 Å². The fourth-order valence-electron chi connectivity index (χ4n) is 3.70. The summed E-state index contributed by atoms with van der Waals surface area (Å²) in [7, 11) is 0. The summed E-state index contributed by atoms with van der Waals surface area (Å²) in [5.41, 5.74) is 0. The predicted octanol–water partition coefficient (Wildman–Crippen LogP) is 3.59. The van der Waals surface area contributed by atoms with Crippen molar-refractivity contribution in [3.05, 3.63) is 0 Å². The maximum Gasteiger partial charge on any atom is 0.00699 e. The quantitative estimate of drug-likeness (QED) is 0.723. The Morgan fingerprint density at radius 2 is 1.69 bits per heavy atom. The lowest BCUT2D eigenvalue weighted by molar-refractivity contribution is 0.351. The lowest BCUT2D eigenvalue weighted by atomic mass is 9.97. The molecule has 3 saturated carbocycles. The van der Waals surface area contributed by atoms with E-state index in [9.17, 15) is 0 Å². The minimum Gasteiger partial charge on any atom is -0.314 e. The van der Waals surface area contributed by atoms with Gasteiger partial charge in [0.25, 0.3) is 0 Å². The molecule has 0 radical (unpaired) electrons. The molecule has 0 aliphatic heterocycles. The second-order valence-electron chi connectivity index (χ2n) is 6.53. The van der Waals surface area contributed by atoms with Crippen molar-refractivity contribution in [2.24, 2.45) is 23.7 Å². The summed E-state index contributed by atoms with van der Waals surface area (Å²) < 4.78 is 0. The molecule has 1 heteroatoms. The lowest BCUT2D eigenvalue weighted by Gasteiger charge is -2.20. The molecule has 16 heavy (non-hydrogen) atoms. The molecule has 0 amide bonds. The molecule has 0 saturated heterocycles. The molecular weight excluding hydrogens is 194 g/mol. The summed E-state index contributed by atoms with van der Waals surface area (Å²) in [6, 6.07) is 0.866. The molecule has 1 N–H and O–H groups in total. The smallest absolute Gasteiger partial charge is 0.00699 e. The highest BCUT2D eigenvalue weighted by Crippen LogP contribution is 2.49. The van der Waals surface area contributed by atoms with Crippen molar-refractivity contribution in [3.8, 4) is 0 Å². The lowest BCUT2D eigenvalue weighted by Crippen LogP contribution is -2.33. The highest BCUT2D eigenvalue weighted by atomic mass is 14.9. The van der Waals surface area contributed by atoms with Crippen LogP contribution in [0.3, 0.4) is 0 Å². The largest absolute Gasteiger partial charge is 0.314 e. The monoisotopic (exact) mass is 221 g/mol. The molecule has 0 bridgehead atoms. The van der Waals surface area contributed by atoms with E-state index < -0.39 is 0 Å². The van der Waals surface area contributed by atoms with E-state index in [2.05, 4.69) is 12.2 Å². The molecule has 92 valence electrons. The SMILES string of the molecule is CCC1CCC(NCC(C2CC2)C2CC2)C1. The first-order chi connectivity index (χ1) is 7.86. The summed E-state index contributed by atoms with van der Waals surface area (Å²) in [4.78, 5) is 0. The summed E-state index contributed by atoms with van der Waals surface area (Å²) >= 11 is 0. The van der Waals surface area contributed by atoms with Crippen LogP contribution in [-0.4, -0.2) is 12.6 Å². The van der Waals surface area contributed by atoms with Crippen LogP contribution in [0.1, 0.15) is 58.3 Å². The predicted molar refractivity (Wildman–Crippen MR) is 68.4 cm³/mol. The third-order valence-electron chi connectivity index (χ3n) is 5.22. The molecule has 0 aromatic heterocycles. The third-order valence-corrected chi connectivity index (χ3v) is 5.22. The Balaban J connectivity index is 1.41. The zero-order valence-electron chi connectivity index (χ0n) is 10.8. The van der Waals surface area contributed by atoms with Gasteiger partial charge in [-0.1, -0.05) is 13.3 Å². The molecule has 3 aliphatic rings. The Bertz CT molecular complexity index is 218. The van der Waals surface area contributed by atoms with Crippen LogP contribution in [0.4, 0.5) is 0 Å². The van der Waals surface area contributed by atoms with E-state index in [-0.39, 0.29) is 0 Å². The van der Waals surface area contributed by atoms with Crippen molar-refractivity contribution in [2.45, 2.75) is 64.3 Å². The fourth-order valence-corrected chi connectivity index (χ4v) is 3.70. The highest BCUT2D eigenvalue weighted by molar-refractivity contribution is 4.93. The highest BCUT2D eigenvalue weighted by Gasteiger charge is 2.41. The summed E-state index contributed by atoms with van der Waals surface area (Å²) in [5.74, 6) is 4.31. The van der Waals surface area contributed by atoms with Crippen LogP contribution in [0, 0.1) is 23.7 Å². The van der Waals surface area contributed by atoms with Gasteiger partial charge >= 0.3 is 0 Å². The molecule has 0 spiro atoms. The number of nitrogens with one attached hydrogen (secondary N) is 1. The topological polar surface area (TPSA) is 12.0 Å². The first kappa shape index (κ1) is 11.1. The van der Waals surface area contributed by atoms with Crippen LogP contribution in [-0.2, 0) is 0 Å². The Hall–Kier alpha value is -0.0400. The van der Waals surface area contributed by atoms with Gasteiger partial charge in [0, 0.05) is 6.04 Å². The van der Waals surface area contributed by atoms with E-state index in [1.807, 2.05) is 0 Å². The Morgan fingerprint density at radius 1 is 1.00 bits per heavy atom. The maximum absolute atomic E-state index is 3.89. The molecule has 3 rings (SSSR count). The van der Waals surface area contributed by atoms with E-state index in [0.717, 1.165) is 29.7 Å². The second-order valence-corrected chi connectivity index (χ2v) is 6.53. The summed E-state index contributed by atoms with van der Waals surface area (Å²) in [6.45, 7) is 3.70. The minimum absolute atomic E-state index is 0.866. The van der Waals surface area contributed by atoms with Gasteiger partial charge in [0.2, 0.25) is 0 Å².